The van der Waals surface area contributed by atoms with E-state index in [0.717, 1.165) is 29.9 Å². The van der Waals surface area contributed by atoms with Crippen LogP contribution in [0.1, 0.15) is 35.4 Å². The molecule has 3 aliphatic rings. The summed E-state index contributed by atoms with van der Waals surface area (Å²) in [6.45, 7) is -0.463. The van der Waals surface area contributed by atoms with E-state index < -0.39 is 24.8 Å². The second kappa shape index (κ2) is 4.84. The van der Waals surface area contributed by atoms with Crippen molar-refractivity contribution >= 4 is 11.3 Å². The number of fused-ring (bicyclic) bond motifs is 1. The third kappa shape index (κ3) is 1.97. The van der Waals surface area contributed by atoms with E-state index in [-0.39, 0.29) is 5.01 Å². The number of allylic oxidation sites excluding steroid dienone is 3. The molecule has 1 saturated carbocycles. The van der Waals surface area contributed by atoms with Crippen molar-refractivity contribution in [3.8, 4) is 0 Å². The lowest BCUT2D eigenvalue weighted by molar-refractivity contribution is 0.107. The van der Waals surface area contributed by atoms with Gasteiger partial charge in [0.15, 0.2) is 16.2 Å². The highest BCUT2D eigenvalue weighted by Gasteiger charge is 2.54. The summed E-state index contributed by atoms with van der Waals surface area (Å²) in [5.41, 5.74) is 0.369. The molecule has 4 rings (SSSR count). The predicted octanol–water partition coefficient (Wildman–Crippen LogP) is 3.52. The van der Waals surface area contributed by atoms with Crippen LogP contribution in [0.25, 0.3) is 0 Å². The third-order valence-corrected chi connectivity index (χ3v) is 5.18. The van der Waals surface area contributed by atoms with Crippen molar-refractivity contribution < 1.29 is 13.2 Å². The second-order valence-electron chi connectivity index (χ2n) is 5.58. The fourth-order valence-corrected chi connectivity index (χ4v) is 3.63. The van der Waals surface area contributed by atoms with E-state index in [1.165, 1.54) is 0 Å². The lowest BCUT2D eigenvalue weighted by Gasteiger charge is -2.35. The third-order valence-electron chi connectivity index (χ3n) is 4.21. The summed E-state index contributed by atoms with van der Waals surface area (Å²) in [6.07, 6.45) is 7.88. The van der Waals surface area contributed by atoms with Crippen molar-refractivity contribution in [2.45, 2.75) is 31.0 Å². The number of rotatable bonds is 4. The van der Waals surface area contributed by atoms with Gasteiger partial charge in [-0.3, -0.25) is 0 Å². The lowest BCUT2D eigenvalue weighted by atomic mass is 10.2. The zero-order valence-corrected chi connectivity index (χ0v) is 12.3. The van der Waals surface area contributed by atoms with E-state index in [1.54, 1.807) is 0 Å². The highest BCUT2D eigenvalue weighted by atomic mass is 32.1. The van der Waals surface area contributed by atoms with Gasteiger partial charge in [0.1, 0.15) is 6.67 Å². The molecule has 2 aliphatic heterocycles. The Balaban J connectivity index is 1.74. The molecular weight excluding hydrogens is 313 g/mol. The fourth-order valence-electron chi connectivity index (χ4n) is 2.83. The number of hydrogen-bond donors (Lipinski definition) is 0. The molecule has 1 fully saturated rings. The number of hydrogen-bond acceptors (Lipinski definition) is 5. The van der Waals surface area contributed by atoms with Crippen LogP contribution in [-0.4, -0.2) is 32.2 Å². The van der Waals surface area contributed by atoms with E-state index in [1.807, 2.05) is 40.4 Å². The maximum Gasteiger partial charge on any atom is 0.291 e. The standard InChI is InChI=1S/C14H13F3N4S/c15-8-14(4-5-14)21-7-9-3-1-2-6-20(9)13(21)12-19-18-11(22-12)10(16)17/h1-3,6-7,10,13H,4-5,8H2. The van der Waals surface area contributed by atoms with Gasteiger partial charge in [-0.15, -0.1) is 10.2 Å². The van der Waals surface area contributed by atoms with Gasteiger partial charge in [-0.1, -0.05) is 17.4 Å². The van der Waals surface area contributed by atoms with E-state index >= 15 is 0 Å². The molecule has 1 aromatic rings. The van der Waals surface area contributed by atoms with E-state index in [9.17, 15) is 13.2 Å². The first-order chi connectivity index (χ1) is 10.6. The molecule has 22 heavy (non-hydrogen) atoms. The van der Waals surface area contributed by atoms with Crippen LogP contribution in [-0.2, 0) is 0 Å². The SMILES string of the molecule is FCC1(N2C=C3C=CC=CN3C2c2nnc(C(F)F)s2)CC1. The van der Waals surface area contributed by atoms with Gasteiger partial charge in [0.2, 0.25) is 0 Å². The van der Waals surface area contributed by atoms with Gasteiger partial charge in [-0.2, -0.15) is 0 Å². The molecule has 0 radical (unpaired) electrons. The minimum atomic E-state index is -2.64. The molecule has 8 heteroatoms. The topological polar surface area (TPSA) is 32.3 Å². The lowest BCUT2D eigenvalue weighted by Crippen LogP contribution is -2.39. The quantitative estimate of drug-likeness (QED) is 0.847. The maximum absolute atomic E-state index is 13.5. The summed E-state index contributed by atoms with van der Waals surface area (Å²) >= 11 is 0.883. The zero-order chi connectivity index (χ0) is 15.3. The molecule has 116 valence electrons. The van der Waals surface area contributed by atoms with Crippen LogP contribution in [0.3, 0.4) is 0 Å². The second-order valence-corrected chi connectivity index (χ2v) is 6.62. The van der Waals surface area contributed by atoms with Crippen LogP contribution < -0.4 is 0 Å². The van der Waals surface area contributed by atoms with Gasteiger partial charge in [0.25, 0.3) is 6.43 Å². The van der Waals surface area contributed by atoms with E-state index in [4.69, 9.17) is 0 Å². The van der Waals surface area contributed by atoms with Crippen LogP contribution in [0.2, 0.25) is 0 Å². The van der Waals surface area contributed by atoms with Gasteiger partial charge in [-0.05, 0) is 25.0 Å². The largest absolute Gasteiger partial charge is 0.341 e. The molecule has 0 bridgehead atoms. The molecule has 1 aliphatic carbocycles. The summed E-state index contributed by atoms with van der Waals surface area (Å²) in [5, 5.41) is 7.65. The highest BCUT2D eigenvalue weighted by molar-refractivity contribution is 7.11. The zero-order valence-electron chi connectivity index (χ0n) is 11.5. The number of aromatic nitrogens is 2. The molecule has 0 saturated heterocycles. The Labute approximate surface area is 129 Å². The van der Waals surface area contributed by atoms with E-state index in [2.05, 4.69) is 10.2 Å². The van der Waals surface area contributed by atoms with Gasteiger partial charge in [0.05, 0.1) is 11.2 Å². The monoisotopic (exact) mass is 326 g/mol. The van der Waals surface area contributed by atoms with Crippen LogP contribution in [0.5, 0.6) is 0 Å². The average Bonchev–Trinajstić information content (AvgIpc) is 2.99. The van der Waals surface area contributed by atoms with Gasteiger partial charge >= 0.3 is 0 Å². The van der Waals surface area contributed by atoms with Gasteiger partial charge < -0.3 is 9.80 Å². The molecule has 0 amide bonds. The van der Waals surface area contributed by atoms with Gasteiger partial charge in [0, 0.05) is 12.4 Å². The molecule has 3 heterocycles. The van der Waals surface area contributed by atoms with Crippen molar-refractivity contribution in [2.24, 2.45) is 0 Å². The number of alkyl halides is 3. The summed E-state index contributed by atoms with van der Waals surface area (Å²) < 4.78 is 39.1. The molecule has 0 N–H and O–H groups in total. The van der Waals surface area contributed by atoms with Crippen molar-refractivity contribution in [3.63, 3.8) is 0 Å². The number of halogens is 3. The highest BCUT2D eigenvalue weighted by Crippen LogP contribution is 2.52. The summed E-state index contributed by atoms with van der Waals surface area (Å²) in [5.74, 6) is 0. The normalized spacial score (nSPS) is 24.9. The van der Waals surface area contributed by atoms with Crippen LogP contribution in [0.15, 0.2) is 36.3 Å². The van der Waals surface area contributed by atoms with Crippen molar-refractivity contribution in [1.29, 1.82) is 0 Å². The minimum Gasteiger partial charge on any atom is -0.341 e. The van der Waals surface area contributed by atoms with Gasteiger partial charge in [-0.25, -0.2) is 13.2 Å². The fraction of sp³-hybridized carbons (Fsp3) is 0.429. The summed E-state index contributed by atoms with van der Waals surface area (Å²) in [6, 6.07) is 0. The summed E-state index contributed by atoms with van der Waals surface area (Å²) in [4.78, 5) is 3.84. The van der Waals surface area contributed by atoms with Crippen molar-refractivity contribution in [2.75, 3.05) is 6.67 Å². The Hall–Kier alpha value is -1.83. The molecule has 1 aromatic heterocycles. The van der Waals surface area contributed by atoms with Crippen molar-refractivity contribution in [3.05, 3.63) is 46.3 Å². The van der Waals surface area contributed by atoms with Crippen LogP contribution in [0.4, 0.5) is 13.2 Å². The van der Waals surface area contributed by atoms with Crippen LogP contribution >= 0.6 is 11.3 Å². The Kier molecular flexibility index (Phi) is 3.04. The molecule has 1 unspecified atom stereocenters. The Bertz CT molecular complexity index is 677. The minimum absolute atomic E-state index is 0.301. The number of nitrogens with zero attached hydrogens (tertiary/aromatic N) is 4. The van der Waals surface area contributed by atoms with Crippen molar-refractivity contribution in [1.82, 2.24) is 20.0 Å². The molecule has 4 nitrogen and oxygen atoms in total. The first-order valence-electron chi connectivity index (χ1n) is 6.95. The molecule has 0 spiro atoms. The molecule has 1 atom stereocenters. The Morgan fingerprint density at radius 3 is 2.77 bits per heavy atom. The average molecular weight is 326 g/mol. The Morgan fingerprint density at radius 1 is 1.32 bits per heavy atom. The molecular formula is C14H13F3N4S. The van der Waals surface area contributed by atoms with Crippen LogP contribution in [0, 0.1) is 0 Å². The molecule has 0 aromatic carbocycles. The first-order valence-corrected chi connectivity index (χ1v) is 7.77. The Morgan fingerprint density at radius 2 is 2.14 bits per heavy atom. The summed E-state index contributed by atoms with van der Waals surface area (Å²) in [7, 11) is 0. The van der Waals surface area contributed by atoms with E-state index in [0.29, 0.717) is 5.01 Å². The first kappa shape index (κ1) is 13.8. The smallest absolute Gasteiger partial charge is 0.291 e. The maximum atomic E-state index is 13.5. The predicted molar refractivity (Wildman–Crippen MR) is 75.6 cm³/mol.